The summed E-state index contributed by atoms with van der Waals surface area (Å²) in [6, 6.07) is 0. The Labute approximate surface area is 220 Å². The van der Waals surface area contributed by atoms with Crippen LogP contribution in [0.3, 0.4) is 0 Å². The van der Waals surface area contributed by atoms with Crippen LogP contribution < -0.4 is 0 Å². The van der Waals surface area contributed by atoms with Gasteiger partial charge in [-0.05, 0) is 87.2 Å². The molecular weight excluding hydrogens is 472 g/mol. The summed E-state index contributed by atoms with van der Waals surface area (Å²) in [6.07, 6.45) is 9.12. The van der Waals surface area contributed by atoms with Gasteiger partial charge >= 0.3 is 0 Å². The lowest BCUT2D eigenvalue weighted by atomic mass is 9.58. The van der Waals surface area contributed by atoms with E-state index in [0.29, 0.717) is 30.3 Å². The van der Waals surface area contributed by atoms with E-state index >= 15 is 0 Å². The van der Waals surface area contributed by atoms with E-state index in [1.165, 1.54) is 12.8 Å². The molecule has 0 aromatic heterocycles. The molecule has 2 saturated carbocycles. The summed E-state index contributed by atoms with van der Waals surface area (Å²) in [4.78, 5) is 0. The molecule has 4 bridgehead atoms. The SMILES string of the molecule is C=C1[C@H](OCC2=CO[C@@H]3O[C@@]4(C)CC[C@H]5[C@H](C)CC[C@@H]2[C@@]35O4)O[C@@H]2O[C@@]3(C)CC[C@H]4[C@H](C)CC[C@@H]1[C@@]24O3. The van der Waals surface area contributed by atoms with E-state index in [-0.39, 0.29) is 18.1 Å². The molecule has 8 rings (SSSR count). The molecule has 0 amide bonds. The summed E-state index contributed by atoms with van der Waals surface area (Å²) in [5.41, 5.74) is 1.28. The predicted molar refractivity (Wildman–Crippen MR) is 133 cm³/mol. The van der Waals surface area contributed by atoms with Crippen LogP contribution in [0.15, 0.2) is 24.0 Å². The molecule has 13 atom stereocenters. The summed E-state index contributed by atoms with van der Waals surface area (Å²) >= 11 is 0. The van der Waals surface area contributed by atoms with Crippen LogP contribution in [0.5, 0.6) is 0 Å². The normalized spacial score (nSPS) is 59.3. The number of fused-ring (bicyclic) bond motifs is 2. The molecule has 6 aliphatic heterocycles. The van der Waals surface area contributed by atoms with Crippen molar-refractivity contribution in [2.75, 3.05) is 6.61 Å². The van der Waals surface area contributed by atoms with Gasteiger partial charge in [0.25, 0.3) is 0 Å². The topological polar surface area (TPSA) is 64.6 Å². The van der Waals surface area contributed by atoms with Gasteiger partial charge in [0.15, 0.2) is 24.2 Å². The van der Waals surface area contributed by atoms with Crippen molar-refractivity contribution in [3.05, 3.63) is 24.0 Å². The van der Waals surface area contributed by atoms with E-state index in [1.54, 1.807) is 0 Å². The van der Waals surface area contributed by atoms with E-state index in [2.05, 4.69) is 34.3 Å². The molecule has 5 saturated heterocycles. The Morgan fingerprint density at radius 1 is 0.838 bits per heavy atom. The lowest BCUT2D eigenvalue weighted by molar-refractivity contribution is -0.290. The zero-order valence-electron chi connectivity index (χ0n) is 22.7. The third-order valence-electron chi connectivity index (χ3n) is 11.7. The molecule has 204 valence electrons. The Kier molecular flexibility index (Phi) is 4.91. The maximum atomic E-state index is 6.81. The first kappa shape index (κ1) is 23.9. The highest BCUT2D eigenvalue weighted by molar-refractivity contribution is 5.26. The second-order valence-electron chi connectivity index (χ2n) is 13.8. The highest BCUT2D eigenvalue weighted by atomic mass is 16.9. The molecule has 0 aromatic rings. The van der Waals surface area contributed by atoms with Crippen molar-refractivity contribution >= 4 is 0 Å². The molecule has 7 fully saturated rings. The molecule has 0 unspecified atom stereocenters. The quantitative estimate of drug-likeness (QED) is 0.468. The average molecular weight is 515 g/mol. The van der Waals surface area contributed by atoms with Gasteiger partial charge < -0.3 is 33.2 Å². The Morgan fingerprint density at radius 3 is 2.11 bits per heavy atom. The smallest absolute Gasteiger partial charge is 0.231 e. The molecular formula is C30H42O7. The molecule has 6 heterocycles. The minimum atomic E-state index is -0.583. The van der Waals surface area contributed by atoms with E-state index in [0.717, 1.165) is 49.7 Å². The van der Waals surface area contributed by atoms with Crippen LogP contribution in [0.25, 0.3) is 0 Å². The van der Waals surface area contributed by atoms with Crippen molar-refractivity contribution in [1.82, 2.24) is 0 Å². The van der Waals surface area contributed by atoms with Gasteiger partial charge in [-0.2, -0.15) is 0 Å². The Morgan fingerprint density at radius 2 is 1.43 bits per heavy atom. The third-order valence-corrected chi connectivity index (χ3v) is 11.7. The van der Waals surface area contributed by atoms with E-state index in [9.17, 15) is 0 Å². The van der Waals surface area contributed by atoms with Gasteiger partial charge in [0.05, 0.1) is 12.9 Å². The van der Waals surface area contributed by atoms with Crippen LogP contribution in [-0.2, 0) is 33.2 Å². The van der Waals surface area contributed by atoms with E-state index < -0.39 is 35.4 Å². The third kappa shape index (κ3) is 2.99. The van der Waals surface area contributed by atoms with Gasteiger partial charge in [-0.15, -0.1) is 0 Å². The lowest BCUT2D eigenvalue weighted by Gasteiger charge is -2.57. The summed E-state index contributed by atoms with van der Waals surface area (Å²) in [6.45, 7) is 13.8. The van der Waals surface area contributed by atoms with Gasteiger partial charge in [0, 0.05) is 24.7 Å². The molecule has 8 aliphatic rings. The second kappa shape index (κ2) is 7.61. The number of rotatable bonds is 3. The molecule has 7 heteroatoms. The zero-order valence-corrected chi connectivity index (χ0v) is 22.7. The fourth-order valence-corrected chi connectivity index (χ4v) is 9.96. The lowest BCUT2D eigenvalue weighted by Crippen LogP contribution is -2.64. The van der Waals surface area contributed by atoms with Gasteiger partial charge in [-0.3, -0.25) is 0 Å². The molecule has 2 spiro atoms. The first-order valence-corrected chi connectivity index (χ1v) is 14.7. The fourth-order valence-electron chi connectivity index (χ4n) is 9.96. The average Bonchev–Trinajstić information content (AvgIpc) is 3.22. The Bertz CT molecular complexity index is 1040. The van der Waals surface area contributed by atoms with Gasteiger partial charge in [0.1, 0.15) is 11.2 Å². The summed E-state index contributed by atoms with van der Waals surface area (Å²) in [5.74, 6) is 1.31. The summed E-state index contributed by atoms with van der Waals surface area (Å²) < 4.78 is 45.8. The minimum Gasteiger partial charge on any atom is -0.469 e. The number of ether oxygens (including phenoxy) is 7. The number of hydrogen-bond donors (Lipinski definition) is 0. The monoisotopic (exact) mass is 514 g/mol. The van der Waals surface area contributed by atoms with Crippen LogP contribution in [0.2, 0.25) is 0 Å². The molecule has 0 radical (unpaired) electrons. The van der Waals surface area contributed by atoms with Crippen molar-refractivity contribution in [2.24, 2.45) is 35.5 Å². The van der Waals surface area contributed by atoms with Crippen LogP contribution in [-0.4, -0.2) is 48.3 Å². The standard InChI is InChI=1S/C30H42O7/c1-16-6-8-22-18(3)24(33-26-29(22)20(16)10-13-28(5,35-26)36-29)31-14-19-15-32-25-30-21(17(2)7-9-23(19)30)11-12-27(4,34-25)37-30/h15-17,20-26H,3,6-14H2,1-2,4-5H3/t16-,17-,20+,21+,22+,23+,24-,25-,26-,27-,28-,29-,30-/m1/s1. The Balaban J connectivity index is 1.05. The molecule has 0 aromatic carbocycles. The first-order chi connectivity index (χ1) is 17.7. The van der Waals surface area contributed by atoms with Crippen LogP contribution >= 0.6 is 0 Å². The Hall–Kier alpha value is -0.960. The molecule has 2 aliphatic carbocycles. The molecule has 7 nitrogen and oxygen atoms in total. The fraction of sp³-hybridized carbons (Fsp3) is 0.867. The van der Waals surface area contributed by atoms with Gasteiger partial charge in [-0.25, -0.2) is 0 Å². The number of hydrogen-bond acceptors (Lipinski definition) is 7. The van der Waals surface area contributed by atoms with Crippen LogP contribution in [0.1, 0.15) is 79.1 Å². The van der Waals surface area contributed by atoms with Gasteiger partial charge in [0.2, 0.25) is 6.29 Å². The van der Waals surface area contributed by atoms with Crippen molar-refractivity contribution in [3.8, 4) is 0 Å². The van der Waals surface area contributed by atoms with Crippen LogP contribution in [0.4, 0.5) is 0 Å². The zero-order chi connectivity index (χ0) is 25.4. The second-order valence-corrected chi connectivity index (χ2v) is 13.8. The van der Waals surface area contributed by atoms with Crippen molar-refractivity contribution in [2.45, 2.75) is 121 Å². The first-order valence-electron chi connectivity index (χ1n) is 14.7. The molecule has 0 N–H and O–H groups in total. The van der Waals surface area contributed by atoms with E-state index in [1.807, 2.05) is 6.26 Å². The predicted octanol–water partition coefficient (Wildman–Crippen LogP) is 5.40. The maximum absolute atomic E-state index is 6.81. The van der Waals surface area contributed by atoms with E-state index in [4.69, 9.17) is 33.2 Å². The highest BCUT2D eigenvalue weighted by Gasteiger charge is 2.72. The van der Waals surface area contributed by atoms with Crippen LogP contribution in [0, 0.1) is 35.5 Å². The van der Waals surface area contributed by atoms with Gasteiger partial charge in [-0.1, -0.05) is 20.4 Å². The molecule has 37 heavy (non-hydrogen) atoms. The largest absolute Gasteiger partial charge is 0.469 e. The highest BCUT2D eigenvalue weighted by Crippen LogP contribution is 2.64. The minimum absolute atomic E-state index is 0.185. The maximum Gasteiger partial charge on any atom is 0.231 e. The van der Waals surface area contributed by atoms with Crippen molar-refractivity contribution < 1.29 is 33.2 Å². The van der Waals surface area contributed by atoms with Crippen molar-refractivity contribution in [3.63, 3.8) is 0 Å². The van der Waals surface area contributed by atoms with Crippen molar-refractivity contribution in [1.29, 1.82) is 0 Å². The summed E-state index contributed by atoms with van der Waals surface area (Å²) in [7, 11) is 0. The summed E-state index contributed by atoms with van der Waals surface area (Å²) in [5, 5.41) is 0.